The molecule has 4 aromatic rings. The van der Waals surface area contributed by atoms with Crippen molar-refractivity contribution in [3.05, 3.63) is 34.4 Å². The molecule has 0 unspecified atom stereocenters. The van der Waals surface area contributed by atoms with Gasteiger partial charge in [-0.2, -0.15) is 5.10 Å². The number of aromatic nitrogens is 5. The summed E-state index contributed by atoms with van der Waals surface area (Å²) in [6.45, 7) is 0. The van der Waals surface area contributed by atoms with Crippen LogP contribution in [0.3, 0.4) is 0 Å². The van der Waals surface area contributed by atoms with E-state index in [-0.39, 0.29) is 5.82 Å². The normalized spacial score (nSPS) is 11.4. The molecule has 0 bridgehead atoms. The third-order valence-corrected chi connectivity index (χ3v) is 4.34. The first kappa shape index (κ1) is 14.1. The van der Waals surface area contributed by atoms with Crippen molar-refractivity contribution in [1.29, 1.82) is 0 Å². The molecule has 0 saturated carbocycles. The number of nitrogen functional groups attached to an aromatic ring is 1. The monoisotopic (exact) mass is 348 g/mol. The number of H-pyrrole nitrogens is 1. The number of rotatable bonds is 2. The second-order valence-corrected chi connectivity index (χ2v) is 5.61. The van der Waals surface area contributed by atoms with Crippen LogP contribution in [0.15, 0.2) is 24.3 Å². The van der Waals surface area contributed by atoms with Gasteiger partial charge in [-0.05, 0) is 24.3 Å². The number of ether oxygens (including phenoxy) is 1. The van der Waals surface area contributed by atoms with Gasteiger partial charge in [0, 0.05) is 5.56 Å². The molecule has 3 N–H and O–H groups in total. The van der Waals surface area contributed by atoms with Gasteiger partial charge < -0.3 is 10.5 Å². The van der Waals surface area contributed by atoms with E-state index in [2.05, 4.69) is 20.4 Å². The summed E-state index contributed by atoms with van der Waals surface area (Å²) in [6.07, 6.45) is 0. The number of fused-ring (bicyclic) bond motifs is 2. The lowest BCUT2D eigenvalue weighted by Crippen LogP contribution is -1.95. The van der Waals surface area contributed by atoms with Crippen LogP contribution >= 0.6 is 23.2 Å². The van der Waals surface area contributed by atoms with E-state index in [1.165, 1.54) is 0 Å². The van der Waals surface area contributed by atoms with Gasteiger partial charge in [-0.25, -0.2) is 0 Å². The van der Waals surface area contributed by atoms with E-state index in [0.717, 1.165) is 11.3 Å². The molecule has 0 amide bonds. The van der Waals surface area contributed by atoms with Crippen molar-refractivity contribution in [3.63, 3.8) is 0 Å². The second-order valence-electron chi connectivity index (χ2n) is 4.87. The Labute approximate surface area is 140 Å². The molecule has 0 fully saturated rings. The van der Waals surface area contributed by atoms with Gasteiger partial charge >= 0.3 is 0 Å². The van der Waals surface area contributed by atoms with Gasteiger partial charge in [0.25, 0.3) is 0 Å². The summed E-state index contributed by atoms with van der Waals surface area (Å²) >= 11 is 12.9. The number of nitrogens with zero attached hydrogens (tertiary/aromatic N) is 4. The molecular formula is C14H10Cl2N6O. The maximum atomic E-state index is 6.51. The fraction of sp³-hybridized carbons (Fsp3) is 0.0714. The number of nitrogens with one attached hydrogen (secondary N) is 1. The first-order chi connectivity index (χ1) is 11.1. The molecular weight excluding hydrogens is 339 g/mol. The summed E-state index contributed by atoms with van der Waals surface area (Å²) in [5.41, 5.74) is 7.66. The summed E-state index contributed by atoms with van der Waals surface area (Å²) in [7, 11) is 1.61. The average molecular weight is 349 g/mol. The lowest BCUT2D eigenvalue weighted by atomic mass is 10.2. The van der Waals surface area contributed by atoms with E-state index in [4.69, 9.17) is 33.7 Å². The van der Waals surface area contributed by atoms with Gasteiger partial charge in [0.15, 0.2) is 17.3 Å². The highest BCUT2D eigenvalue weighted by molar-refractivity contribution is 6.42. The molecule has 3 aromatic heterocycles. The topological polar surface area (TPSA) is 94.1 Å². The van der Waals surface area contributed by atoms with Crippen molar-refractivity contribution in [2.75, 3.05) is 12.8 Å². The van der Waals surface area contributed by atoms with Crippen molar-refractivity contribution in [2.24, 2.45) is 0 Å². The van der Waals surface area contributed by atoms with Gasteiger partial charge in [-0.15, -0.1) is 10.2 Å². The molecule has 7 nitrogen and oxygen atoms in total. The zero-order valence-electron chi connectivity index (χ0n) is 11.8. The number of aromatic amines is 1. The molecule has 0 aliphatic rings. The number of anilines is 1. The van der Waals surface area contributed by atoms with Crippen LogP contribution in [-0.2, 0) is 0 Å². The predicted octanol–water partition coefficient (Wildman–Crippen LogP) is 3.17. The van der Waals surface area contributed by atoms with E-state index < -0.39 is 0 Å². The van der Waals surface area contributed by atoms with Crippen LogP contribution in [0.4, 0.5) is 5.82 Å². The average Bonchev–Trinajstić information content (AvgIpc) is 3.17. The maximum absolute atomic E-state index is 6.51. The van der Waals surface area contributed by atoms with Crippen LogP contribution in [0, 0.1) is 0 Å². The van der Waals surface area contributed by atoms with Crippen LogP contribution in [0.5, 0.6) is 5.75 Å². The summed E-state index contributed by atoms with van der Waals surface area (Å²) < 4.78 is 6.81. The Morgan fingerprint density at radius 2 is 1.91 bits per heavy atom. The fourth-order valence-electron chi connectivity index (χ4n) is 2.49. The SMILES string of the molecule is COc1ccc(-c2nnc3c(Cl)c4[nH]nc(N)c4c(Cl)n23)cc1. The predicted molar refractivity (Wildman–Crippen MR) is 89.1 cm³/mol. The van der Waals surface area contributed by atoms with Crippen molar-refractivity contribution >= 4 is 45.6 Å². The van der Waals surface area contributed by atoms with Gasteiger partial charge in [-0.3, -0.25) is 9.50 Å². The number of halogens is 2. The minimum atomic E-state index is 0.267. The molecule has 23 heavy (non-hydrogen) atoms. The van der Waals surface area contributed by atoms with Crippen LogP contribution in [0.1, 0.15) is 0 Å². The van der Waals surface area contributed by atoms with Crippen LogP contribution < -0.4 is 10.5 Å². The first-order valence-electron chi connectivity index (χ1n) is 6.62. The Kier molecular flexibility index (Phi) is 3.07. The van der Waals surface area contributed by atoms with E-state index in [1.54, 1.807) is 11.5 Å². The molecule has 4 rings (SSSR count). The molecule has 1 aromatic carbocycles. The third kappa shape index (κ3) is 1.94. The molecule has 0 atom stereocenters. The highest BCUT2D eigenvalue weighted by atomic mass is 35.5. The quantitative estimate of drug-likeness (QED) is 0.542. The first-order valence-corrected chi connectivity index (χ1v) is 7.37. The molecule has 3 heterocycles. The van der Waals surface area contributed by atoms with E-state index >= 15 is 0 Å². The minimum Gasteiger partial charge on any atom is -0.497 e. The lowest BCUT2D eigenvalue weighted by Gasteiger charge is -2.06. The Bertz CT molecular complexity index is 1040. The van der Waals surface area contributed by atoms with E-state index in [9.17, 15) is 0 Å². The Balaban J connectivity index is 2.06. The zero-order chi connectivity index (χ0) is 16.1. The van der Waals surface area contributed by atoms with Crippen molar-refractivity contribution in [2.45, 2.75) is 0 Å². The van der Waals surface area contributed by atoms with Crippen LogP contribution in [0.25, 0.3) is 27.9 Å². The van der Waals surface area contributed by atoms with Gasteiger partial charge in [0.1, 0.15) is 15.9 Å². The smallest absolute Gasteiger partial charge is 0.183 e. The Morgan fingerprint density at radius 1 is 1.17 bits per heavy atom. The Hall–Kier alpha value is -2.51. The number of hydrogen-bond donors (Lipinski definition) is 2. The largest absolute Gasteiger partial charge is 0.497 e. The number of benzene rings is 1. The summed E-state index contributed by atoms with van der Waals surface area (Å²) in [6, 6.07) is 7.39. The molecule has 116 valence electrons. The van der Waals surface area contributed by atoms with Crippen LogP contribution in [-0.4, -0.2) is 31.9 Å². The summed E-state index contributed by atoms with van der Waals surface area (Å²) in [5, 5.41) is 16.3. The molecule has 0 spiro atoms. The summed E-state index contributed by atoms with van der Waals surface area (Å²) in [5.74, 6) is 1.56. The highest BCUT2D eigenvalue weighted by Gasteiger charge is 2.21. The van der Waals surface area contributed by atoms with E-state index in [1.807, 2.05) is 24.3 Å². The van der Waals surface area contributed by atoms with Crippen LogP contribution in [0.2, 0.25) is 10.2 Å². The van der Waals surface area contributed by atoms with Gasteiger partial charge in [0.05, 0.1) is 18.0 Å². The van der Waals surface area contributed by atoms with E-state index in [0.29, 0.717) is 32.6 Å². The fourth-order valence-corrected chi connectivity index (χ4v) is 3.10. The van der Waals surface area contributed by atoms with Gasteiger partial charge in [-0.1, -0.05) is 23.2 Å². The van der Waals surface area contributed by atoms with Crippen molar-refractivity contribution in [3.8, 4) is 17.1 Å². The Morgan fingerprint density at radius 3 is 2.61 bits per heavy atom. The summed E-state index contributed by atoms with van der Waals surface area (Å²) in [4.78, 5) is 0. The van der Waals surface area contributed by atoms with Crippen molar-refractivity contribution in [1.82, 2.24) is 24.8 Å². The minimum absolute atomic E-state index is 0.267. The lowest BCUT2D eigenvalue weighted by molar-refractivity contribution is 0.415. The number of pyridine rings is 1. The number of hydrogen-bond acceptors (Lipinski definition) is 5. The molecule has 9 heteroatoms. The molecule has 0 radical (unpaired) electrons. The molecule has 0 aliphatic heterocycles. The van der Waals surface area contributed by atoms with Gasteiger partial charge in [0.2, 0.25) is 0 Å². The standard InChI is InChI=1S/C14H10Cl2N6O/c1-23-7-4-2-6(3-5-7)13-20-21-14-9(15)10-8(11(16)22(13)14)12(17)19-18-10/h2-5,18H,1H3,(H2,17,19). The van der Waals surface area contributed by atoms with Crippen molar-refractivity contribution < 1.29 is 4.74 Å². The third-order valence-electron chi connectivity index (χ3n) is 3.62. The number of nitrogens with two attached hydrogens (primary N) is 1. The highest BCUT2D eigenvalue weighted by Crippen LogP contribution is 2.36. The molecule has 0 saturated heterocycles. The zero-order valence-corrected chi connectivity index (χ0v) is 13.4. The maximum Gasteiger partial charge on any atom is 0.183 e. The number of methoxy groups -OCH3 is 1. The molecule has 0 aliphatic carbocycles. The second kappa shape index (κ2) is 5.00.